The first-order valence-electron chi connectivity index (χ1n) is 10.5. The molecule has 156 valence electrons. The number of rotatable bonds is 3. The van der Waals surface area contributed by atoms with Gasteiger partial charge in [-0.1, -0.05) is 24.3 Å². The largest absolute Gasteiger partial charge is 0.337 e. The summed E-state index contributed by atoms with van der Waals surface area (Å²) >= 11 is 0. The number of fused-ring (bicyclic) bond motifs is 1. The number of amides is 1. The third-order valence-electron chi connectivity index (χ3n) is 5.86. The van der Waals surface area contributed by atoms with Crippen molar-refractivity contribution in [3.8, 4) is 11.3 Å². The Morgan fingerprint density at radius 2 is 1.58 bits per heavy atom. The van der Waals surface area contributed by atoms with Crippen LogP contribution in [0.25, 0.3) is 16.8 Å². The maximum Gasteiger partial charge on any atom is 0.290 e. The Balaban J connectivity index is 1.47. The van der Waals surface area contributed by atoms with Crippen LogP contribution in [0.15, 0.2) is 61.1 Å². The van der Waals surface area contributed by atoms with Crippen molar-refractivity contribution in [1.29, 1.82) is 0 Å². The van der Waals surface area contributed by atoms with Crippen LogP contribution in [0.3, 0.4) is 0 Å². The average molecular weight is 412 g/mol. The molecule has 1 fully saturated rings. The molecule has 0 atom stereocenters. The van der Waals surface area contributed by atoms with E-state index < -0.39 is 0 Å². The molecule has 0 unspecified atom stereocenters. The van der Waals surface area contributed by atoms with Crippen LogP contribution in [0.4, 0.5) is 5.95 Å². The zero-order valence-corrected chi connectivity index (χ0v) is 17.7. The molecule has 1 saturated heterocycles. The number of carbonyl (C=O) groups excluding carboxylic acids is 1. The molecule has 0 radical (unpaired) electrons. The molecule has 5 rings (SSSR count). The second-order valence-corrected chi connectivity index (χ2v) is 7.83. The number of imidazole rings is 1. The van der Waals surface area contributed by atoms with Crippen molar-refractivity contribution in [2.24, 2.45) is 0 Å². The van der Waals surface area contributed by atoms with Gasteiger partial charge in [0.1, 0.15) is 0 Å². The summed E-state index contributed by atoms with van der Waals surface area (Å²) in [6.45, 7) is 6.78. The highest BCUT2D eigenvalue weighted by Crippen LogP contribution is 2.31. The van der Waals surface area contributed by atoms with Crippen molar-refractivity contribution in [2.45, 2.75) is 13.8 Å². The van der Waals surface area contributed by atoms with Gasteiger partial charge in [-0.05, 0) is 43.2 Å². The molecule has 1 aromatic carbocycles. The zero-order valence-electron chi connectivity index (χ0n) is 17.7. The lowest BCUT2D eigenvalue weighted by Gasteiger charge is -2.34. The zero-order chi connectivity index (χ0) is 21.4. The van der Waals surface area contributed by atoms with Crippen molar-refractivity contribution < 1.29 is 4.79 Å². The van der Waals surface area contributed by atoms with Gasteiger partial charge in [-0.2, -0.15) is 0 Å². The Morgan fingerprint density at radius 1 is 0.871 bits per heavy atom. The Hall–Kier alpha value is -3.74. The summed E-state index contributed by atoms with van der Waals surface area (Å²) in [5.41, 5.74) is 5.20. The van der Waals surface area contributed by atoms with Crippen LogP contribution < -0.4 is 4.90 Å². The average Bonchev–Trinajstić information content (AvgIpc) is 3.19. The normalized spacial score (nSPS) is 14.3. The second-order valence-electron chi connectivity index (χ2n) is 7.83. The predicted octanol–water partition coefficient (Wildman–Crippen LogP) is 3.37. The summed E-state index contributed by atoms with van der Waals surface area (Å²) in [5.74, 6) is 1.11. The topological polar surface area (TPSA) is 66.6 Å². The van der Waals surface area contributed by atoms with Gasteiger partial charge in [0.2, 0.25) is 11.8 Å². The molecule has 0 N–H and O–H groups in total. The molecule has 4 aromatic rings. The van der Waals surface area contributed by atoms with Crippen LogP contribution in [-0.2, 0) is 0 Å². The number of piperazine rings is 1. The molecule has 1 aliphatic heterocycles. The van der Waals surface area contributed by atoms with E-state index in [2.05, 4.69) is 46.9 Å². The quantitative estimate of drug-likeness (QED) is 0.516. The van der Waals surface area contributed by atoms with Gasteiger partial charge < -0.3 is 9.80 Å². The van der Waals surface area contributed by atoms with Crippen LogP contribution in [0.2, 0.25) is 0 Å². The fourth-order valence-corrected chi connectivity index (χ4v) is 4.27. The molecule has 31 heavy (non-hydrogen) atoms. The van der Waals surface area contributed by atoms with Gasteiger partial charge in [0.05, 0.1) is 11.2 Å². The Morgan fingerprint density at radius 3 is 2.29 bits per heavy atom. The molecule has 4 heterocycles. The van der Waals surface area contributed by atoms with Crippen molar-refractivity contribution in [3.05, 3.63) is 78.0 Å². The minimum atomic E-state index is -0.0488. The Labute approximate surface area is 181 Å². The van der Waals surface area contributed by atoms with Crippen molar-refractivity contribution >= 4 is 17.4 Å². The third-order valence-corrected chi connectivity index (χ3v) is 5.86. The summed E-state index contributed by atoms with van der Waals surface area (Å²) in [6.07, 6.45) is 5.40. The van der Waals surface area contributed by atoms with E-state index in [1.54, 1.807) is 18.5 Å². The van der Waals surface area contributed by atoms with E-state index in [4.69, 9.17) is 4.98 Å². The summed E-state index contributed by atoms with van der Waals surface area (Å²) in [7, 11) is 0. The van der Waals surface area contributed by atoms with Gasteiger partial charge in [0.25, 0.3) is 5.91 Å². The van der Waals surface area contributed by atoms with Gasteiger partial charge in [-0.15, -0.1) is 0 Å². The highest BCUT2D eigenvalue weighted by Gasteiger charge is 2.27. The van der Waals surface area contributed by atoms with E-state index in [-0.39, 0.29) is 5.91 Å². The summed E-state index contributed by atoms with van der Waals surface area (Å²) in [5, 5.41) is 0. The van der Waals surface area contributed by atoms with E-state index in [0.717, 1.165) is 27.9 Å². The number of nitrogens with zero attached hydrogens (tertiary/aromatic N) is 6. The number of aryl methyl sites for hydroxylation is 2. The number of aromatic nitrogens is 4. The van der Waals surface area contributed by atoms with E-state index in [1.165, 1.54) is 0 Å². The molecule has 1 aliphatic rings. The Bertz CT molecular complexity index is 1220. The number of hydrogen-bond acceptors (Lipinski definition) is 5. The minimum Gasteiger partial charge on any atom is -0.337 e. The van der Waals surface area contributed by atoms with Crippen LogP contribution in [0, 0.1) is 13.8 Å². The van der Waals surface area contributed by atoms with Crippen LogP contribution in [0.5, 0.6) is 0 Å². The summed E-state index contributed by atoms with van der Waals surface area (Å²) < 4.78 is 1.91. The SMILES string of the molecule is Cc1cccc(C)c1-c1nc(C(=O)N2CCN(c3ncccn3)CC2)n2ccccc12. The predicted molar refractivity (Wildman–Crippen MR) is 120 cm³/mol. The van der Waals surface area contributed by atoms with Crippen molar-refractivity contribution in [1.82, 2.24) is 24.3 Å². The second kappa shape index (κ2) is 7.83. The van der Waals surface area contributed by atoms with Crippen molar-refractivity contribution in [2.75, 3.05) is 31.1 Å². The van der Waals surface area contributed by atoms with Gasteiger partial charge in [-0.25, -0.2) is 15.0 Å². The highest BCUT2D eigenvalue weighted by atomic mass is 16.2. The molecule has 0 aliphatic carbocycles. The van der Waals surface area contributed by atoms with E-state index in [0.29, 0.717) is 38.0 Å². The molecular weight excluding hydrogens is 388 g/mol. The molecule has 3 aromatic heterocycles. The standard InChI is InChI=1S/C24H24N6O/c1-17-7-5-8-18(2)20(17)21-19-9-3-4-12-30(19)22(27-21)23(31)28-13-15-29(16-14-28)24-25-10-6-11-26-24/h3-12H,13-16H2,1-2H3. The molecule has 0 bridgehead atoms. The van der Waals surface area contributed by atoms with E-state index >= 15 is 0 Å². The van der Waals surface area contributed by atoms with E-state index in [1.807, 2.05) is 33.7 Å². The molecule has 0 spiro atoms. The highest BCUT2D eigenvalue weighted by molar-refractivity contribution is 5.95. The smallest absolute Gasteiger partial charge is 0.290 e. The van der Waals surface area contributed by atoms with E-state index in [9.17, 15) is 4.79 Å². The first-order chi connectivity index (χ1) is 15.1. The monoisotopic (exact) mass is 412 g/mol. The fraction of sp³-hybridized carbons (Fsp3) is 0.250. The third kappa shape index (κ3) is 3.42. The van der Waals surface area contributed by atoms with Crippen LogP contribution in [-0.4, -0.2) is 56.3 Å². The molecular formula is C24H24N6O. The van der Waals surface area contributed by atoms with Gasteiger partial charge in [0, 0.05) is 50.3 Å². The molecule has 7 heteroatoms. The number of hydrogen-bond donors (Lipinski definition) is 0. The number of benzene rings is 1. The van der Waals surface area contributed by atoms with Gasteiger partial charge in [-0.3, -0.25) is 9.20 Å². The number of carbonyl (C=O) groups is 1. The Kier molecular flexibility index (Phi) is 4.86. The lowest BCUT2D eigenvalue weighted by Crippen LogP contribution is -2.49. The van der Waals surface area contributed by atoms with Crippen molar-refractivity contribution in [3.63, 3.8) is 0 Å². The lowest BCUT2D eigenvalue weighted by atomic mass is 9.99. The first kappa shape index (κ1) is 19.2. The molecule has 7 nitrogen and oxygen atoms in total. The van der Waals surface area contributed by atoms with Crippen LogP contribution >= 0.6 is 0 Å². The maximum atomic E-state index is 13.5. The van der Waals surface area contributed by atoms with Crippen LogP contribution in [0.1, 0.15) is 21.7 Å². The summed E-state index contributed by atoms with van der Waals surface area (Å²) in [6, 6.07) is 14.0. The lowest BCUT2D eigenvalue weighted by molar-refractivity contribution is 0.0733. The molecule has 0 saturated carbocycles. The number of pyridine rings is 1. The van der Waals surface area contributed by atoms with Gasteiger partial charge >= 0.3 is 0 Å². The summed E-state index contributed by atoms with van der Waals surface area (Å²) in [4.78, 5) is 30.9. The minimum absolute atomic E-state index is 0.0488. The molecule has 1 amide bonds. The number of anilines is 1. The van der Waals surface area contributed by atoms with Gasteiger partial charge in [0.15, 0.2) is 0 Å². The maximum absolute atomic E-state index is 13.5. The first-order valence-corrected chi connectivity index (χ1v) is 10.5. The fourth-order valence-electron chi connectivity index (χ4n) is 4.27.